The van der Waals surface area contributed by atoms with E-state index in [1.54, 1.807) is 18.5 Å². The molecule has 0 aliphatic heterocycles. The van der Waals surface area contributed by atoms with Gasteiger partial charge < -0.3 is 16.2 Å². The Morgan fingerprint density at radius 2 is 1.93 bits per heavy atom. The number of carbonyl (C=O) groups excluding carboxylic acids is 1. The van der Waals surface area contributed by atoms with Gasteiger partial charge in [-0.05, 0) is 6.07 Å². The molecule has 1 heterocycles. The smallest absolute Gasteiger partial charge is 0.312 e. The average molecular weight is 212 g/mol. The van der Waals surface area contributed by atoms with Gasteiger partial charge in [-0.25, -0.2) is 14.8 Å². The van der Waals surface area contributed by atoms with Crippen molar-refractivity contribution in [3.05, 3.63) is 24.8 Å². The van der Waals surface area contributed by atoms with Gasteiger partial charge in [0.1, 0.15) is 6.33 Å². The van der Waals surface area contributed by atoms with Gasteiger partial charge >= 0.3 is 12.0 Å². The van der Waals surface area contributed by atoms with Crippen molar-refractivity contribution in [2.75, 3.05) is 6.54 Å². The minimum atomic E-state index is -0.955. The van der Waals surface area contributed by atoms with E-state index < -0.39 is 12.0 Å². The third-order valence-corrected chi connectivity index (χ3v) is 1.12. The summed E-state index contributed by atoms with van der Waals surface area (Å²) in [5.74, 6) is -0.955. The number of rotatable bonds is 3. The molecule has 0 saturated carbocycles. The van der Waals surface area contributed by atoms with Gasteiger partial charge in [-0.2, -0.15) is 0 Å². The Morgan fingerprint density at radius 3 is 2.20 bits per heavy atom. The van der Waals surface area contributed by atoms with Crippen LogP contribution in [0.15, 0.2) is 24.8 Å². The van der Waals surface area contributed by atoms with E-state index >= 15 is 0 Å². The molecule has 0 fully saturated rings. The van der Waals surface area contributed by atoms with Crippen molar-refractivity contribution in [2.24, 2.45) is 5.73 Å². The lowest BCUT2D eigenvalue weighted by Crippen LogP contribution is -2.31. The molecule has 1 aromatic heterocycles. The van der Waals surface area contributed by atoms with Crippen molar-refractivity contribution in [1.29, 1.82) is 0 Å². The molecule has 1 aromatic rings. The van der Waals surface area contributed by atoms with E-state index in [9.17, 15) is 9.59 Å². The van der Waals surface area contributed by atoms with Crippen LogP contribution in [0, 0.1) is 0 Å². The number of hydrogen-bond acceptors (Lipinski definition) is 4. The number of hydrogen-bond donors (Lipinski definition) is 3. The highest BCUT2D eigenvalue weighted by molar-refractivity contribution is 5.73. The summed E-state index contributed by atoms with van der Waals surface area (Å²) in [6.07, 6.45) is 4.78. The summed E-state index contributed by atoms with van der Waals surface area (Å²) >= 11 is 0. The van der Waals surface area contributed by atoms with Gasteiger partial charge in [0, 0.05) is 18.9 Å². The van der Waals surface area contributed by atoms with E-state index in [2.05, 4.69) is 21.0 Å². The molecule has 2 amide bonds. The Kier molecular flexibility index (Phi) is 7.20. The Hall–Kier alpha value is -2.18. The van der Waals surface area contributed by atoms with Crippen LogP contribution in [-0.2, 0) is 4.79 Å². The summed E-state index contributed by atoms with van der Waals surface area (Å²) in [6, 6.07) is 1.08. The summed E-state index contributed by atoms with van der Waals surface area (Å²) in [6.45, 7) is 0.0880. The van der Waals surface area contributed by atoms with E-state index in [0.29, 0.717) is 0 Å². The summed E-state index contributed by atoms with van der Waals surface area (Å²) < 4.78 is 0. The number of carboxylic acid groups (broad SMARTS) is 1. The first-order valence-corrected chi connectivity index (χ1v) is 4.08. The van der Waals surface area contributed by atoms with E-state index in [1.165, 1.54) is 6.33 Å². The zero-order valence-corrected chi connectivity index (χ0v) is 7.96. The molecule has 15 heavy (non-hydrogen) atoms. The van der Waals surface area contributed by atoms with Gasteiger partial charge in [0.15, 0.2) is 0 Å². The first-order valence-electron chi connectivity index (χ1n) is 4.08. The SMILES string of the molecule is NC(=O)NCCC(=O)O.c1cncnc1. The quantitative estimate of drug-likeness (QED) is 0.630. The van der Waals surface area contributed by atoms with Crippen LogP contribution in [0.1, 0.15) is 6.42 Å². The molecule has 0 bridgehead atoms. The van der Waals surface area contributed by atoms with Crippen LogP contribution >= 0.6 is 0 Å². The second-order valence-electron chi connectivity index (χ2n) is 2.34. The minimum absolute atomic E-state index is 0.0880. The lowest BCUT2D eigenvalue weighted by molar-refractivity contribution is -0.136. The number of nitrogens with two attached hydrogens (primary N) is 1. The predicted octanol–water partition coefficient (Wildman–Crippen LogP) is -0.394. The predicted molar refractivity (Wildman–Crippen MR) is 51.9 cm³/mol. The number of aliphatic carboxylic acids is 1. The first kappa shape index (κ1) is 12.8. The Labute approximate surface area is 86.3 Å². The van der Waals surface area contributed by atoms with Crippen molar-refractivity contribution in [3.63, 3.8) is 0 Å². The van der Waals surface area contributed by atoms with Crippen molar-refractivity contribution in [2.45, 2.75) is 6.42 Å². The van der Waals surface area contributed by atoms with Crippen LogP contribution in [0.3, 0.4) is 0 Å². The minimum Gasteiger partial charge on any atom is -0.481 e. The van der Waals surface area contributed by atoms with Gasteiger partial charge in [0.2, 0.25) is 0 Å². The van der Waals surface area contributed by atoms with Crippen LogP contribution in [0.5, 0.6) is 0 Å². The van der Waals surface area contributed by atoms with Crippen LogP contribution in [0.25, 0.3) is 0 Å². The Morgan fingerprint density at radius 1 is 1.33 bits per heavy atom. The molecule has 0 atom stereocenters. The molecule has 0 unspecified atom stereocenters. The number of aromatic nitrogens is 2. The summed E-state index contributed by atoms with van der Waals surface area (Å²) in [4.78, 5) is 27.0. The summed E-state index contributed by atoms with van der Waals surface area (Å²) in [5, 5.41) is 10.2. The first-order chi connectivity index (χ1) is 7.13. The highest BCUT2D eigenvalue weighted by Crippen LogP contribution is 1.73. The number of urea groups is 1. The van der Waals surface area contributed by atoms with Gasteiger partial charge in [0.25, 0.3) is 0 Å². The zero-order chi connectivity index (χ0) is 11.5. The Bertz CT molecular complexity index is 250. The maximum absolute atomic E-state index is 9.90. The number of amides is 2. The third kappa shape index (κ3) is 11.8. The molecule has 1 rings (SSSR count). The molecule has 7 heteroatoms. The van der Waals surface area contributed by atoms with Crippen molar-refractivity contribution >= 4 is 12.0 Å². The monoisotopic (exact) mass is 212 g/mol. The average Bonchev–Trinajstić information content (AvgIpc) is 2.20. The standard InChI is InChI=1S/C4H8N2O3.C4H4N2/c5-4(9)6-2-1-3(7)8;1-2-5-4-6-3-1/h1-2H2,(H,7,8)(H3,5,6,9);1-4H. The highest BCUT2D eigenvalue weighted by Gasteiger charge is 1.95. The number of carbonyl (C=O) groups is 2. The normalized spacial score (nSPS) is 8.27. The second-order valence-corrected chi connectivity index (χ2v) is 2.34. The van der Waals surface area contributed by atoms with Gasteiger partial charge in [-0.15, -0.1) is 0 Å². The number of primary amides is 1. The molecule has 0 aliphatic rings. The fraction of sp³-hybridized carbons (Fsp3) is 0.250. The number of carboxylic acids is 1. The summed E-state index contributed by atoms with van der Waals surface area (Å²) in [7, 11) is 0. The molecular weight excluding hydrogens is 200 g/mol. The Balaban J connectivity index is 0.000000280. The van der Waals surface area contributed by atoms with Crippen LogP contribution in [0.2, 0.25) is 0 Å². The lowest BCUT2D eigenvalue weighted by Gasteiger charge is -1.95. The maximum atomic E-state index is 9.90. The van der Waals surface area contributed by atoms with Crippen molar-refractivity contribution in [3.8, 4) is 0 Å². The fourth-order valence-corrected chi connectivity index (χ4v) is 0.546. The lowest BCUT2D eigenvalue weighted by atomic mass is 10.4. The van der Waals surface area contributed by atoms with E-state index in [-0.39, 0.29) is 13.0 Å². The zero-order valence-electron chi connectivity index (χ0n) is 7.96. The fourth-order valence-electron chi connectivity index (χ4n) is 0.546. The molecular formula is C8H12N4O3. The molecule has 0 aromatic carbocycles. The topological polar surface area (TPSA) is 118 Å². The van der Waals surface area contributed by atoms with E-state index in [4.69, 9.17) is 5.11 Å². The molecule has 7 nitrogen and oxygen atoms in total. The molecule has 0 aliphatic carbocycles. The van der Waals surface area contributed by atoms with Gasteiger partial charge in [-0.1, -0.05) is 0 Å². The molecule has 0 radical (unpaired) electrons. The van der Waals surface area contributed by atoms with Crippen LogP contribution < -0.4 is 11.1 Å². The molecule has 0 spiro atoms. The summed E-state index contributed by atoms with van der Waals surface area (Å²) in [5.41, 5.74) is 4.64. The second kappa shape index (κ2) is 8.42. The van der Waals surface area contributed by atoms with Crippen molar-refractivity contribution < 1.29 is 14.7 Å². The number of nitrogens with zero attached hydrogens (tertiary/aromatic N) is 2. The highest BCUT2D eigenvalue weighted by atomic mass is 16.4. The van der Waals surface area contributed by atoms with E-state index in [0.717, 1.165) is 0 Å². The molecule has 0 saturated heterocycles. The van der Waals surface area contributed by atoms with Crippen LogP contribution in [0.4, 0.5) is 4.79 Å². The van der Waals surface area contributed by atoms with Gasteiger partial charge in [-0.3, -0.25) is 4.79 Å². The largest absolute Gasteiger partial charge is 0.481 e. The van der Waals surface area contributed by atoms with E-state index in [1.807, 2.05) is 0 Å². The maximum Gasteiger partial charge on any atom is 0.312 e. The van der Waals surface area contributed by atoms with Crippen molar-refractivity contribution in [1.82, 2.24) is 15.3 Å². The molecule has 4 N–H and O–H groups in total. The molecule has 82 valence electrons. The third-order valence-electron chi connectivity index (χ3n) is 1.12. The number of nitrogens with one attached hydrogen (secondary N) is 1. The van der Waals surface area contributed by atoms with Crippen LogP contribution in [-0.4, -0.2) is 33.6 Å². The van der Waals surface area contributed by atoms with Gasteiger partial charge in [0.05, 0.1) is 6.42 Å².